The van der Waals surface area contributed by atoms with Crippen molar-refractivity contribution in [1.29, 1.82) is 0 Å². The monoisotopic (exact) mass is 181 g/mol. The summed E-state index contributed by atoms with van der Waals surface area (Å²) in [6.07, 6.45) is 0. The maximum absolute atomic E-state index is 11.6. The first-order chi connectivity index (χ1) is 5.72. The van der Waals surface area contributed by atoms with E-state index in [0.717, 1.165) is 13.1 Å². The van der Waals surface area contributed by atoms with E-state index in [0.29, 0.717) is 5.78 Å². The molecule has 2 heteroatoms. The molecule has 0 atom stereocenters. The summed E-state index contributed by atoms with van der Waals surface area (Å²) < 4.78 is 0. The van der Waals surface area contributed by atoms with Gasteiger partial charge in [-0.1, -0.05) is 13.8 Å². The minimum Gasteiger partial charge on any atom is -0.298 e. The van der Waals surface area contributed by atoms with E-state index in [1.54, 1.807) is 0 Å². The summed E-state index contributed by atoms with van der Waals surface area (Å²) in [5, 5.41) is 0. The quantitative estimate of drug-likeness (QED) is 0.567. The highest BCUT2D eigenvalue weighted by Gasteiger charge is 2.76. The average molecular weight is 181 g/mol. The SMILES string of the molecule is CC(C)(C)N1CC2(C1)C(=O)C2(C)C. The Labute approximate surface area is 80.3 Å². The van der Waals surface area contributed by atoms with Gasteiger partial charge in [0.2, 0.25) is 0 Å². The summed E-state index contributed by atoms with van der Waals surface area (Å²) in [6, 6.07) is 0. The fourth-order valence-electron chi connectivity index (χ4n) is 2.39. The molecule has 0 amide bonds. The molecule has 0 aromatic heterocycles. The van der Waals surface area contributed by atoms with Crippen LogP contribution in [-0.2, 0) is 4.79 Å². The Balaban J connectivity index is 2.05. The lowest BCUT2D eigenvalue weighted by Crippen LogP contribution is -2.59. The predicted octanol–water partition coefficient (Wildman–Crippen LogP) is 1.70. The molecule has 2 nitrogen and oxygen atoms in total. The zero-order valence-corrected chi connectivity index (χ0v) is 9.27. The van der Waals surface area contributed by atoms with Gasteiger partial charge >= 0.3 is 0 Å². The van der Waals surface area contributed by atoms with Crippen LogP contribution in [0, 0.1) is 10.8 Å². The van der Waals surface area contributed by atoms with Crippen LogP contribution < -0.4 is 0 Å². The first kappa shape index (κ1) is 9.20. The van der Waals surface area contributed by atoms with E-state index in [4.69, 9.17) is 0 Å². The number of likely N-dealkylation sites (tertiary alicyclic amines) is 1. The standard InChI is InChI=1S/C11H19NO/c1-9(2,3)12-6-11(7-12)8(13)10(11,4)5/h6-7H2,1-5H3. The van der Waals surface area contributed by atoms with Crippen LogP contribution in [-0.4, -0.2) is 29.3 Å². The van der Waals surface area contributed by atoms with E-state index in [1.165, 1.54) is 0 Å². The van der Waals surface area contributed by atoms with Crippen LogP contribution in [0.3, 0.4) is 0 Å². The number of Topliss-reactive ketones (excluding diaryl/α,β-unsaturated/α-hetero) is 1. The van der Waals surface area contributed by atoms with E-state index < -0.39 is 0 Å². The van der Waals surface area contributed by atoms with Gasteiger partial charge in [-0.05, 0) is 20.8 Å². The minimum atomic E-state index is -0.0330. The Morgan fingerprint density at radius 1 is 1.23 bits per heavy atom. The van der Waals surface area contributed by atoms with E-state index in [1.807, 2.05) is 0 Å². The molecular weight excluding hydrogens is 162 g/mol. The molecule has 13 heavy (non-hydrogen) atoms. The number of rotatable bonds is 0. The molecule has 1 heterocycles. The molecule has 2 rings (SSSR count). The zero-order chi connectivity index (χ0) is 10.1. The second-order valence-electron chi connectivity index (χ2n) is 6.06. The van der Waals surface area contributed by atoms with Crippen molar-refractivity contribution in [3.8, 4) is 0 Å². The van der Waals surface area contributed by atoms with Gasteiger partial charge in [-0.15, -0.1) is 0 Å². The van der Waals surface area contributed by atoms with Crippen molar-refractivity contribution >= 4 is 5.78 Å². The highest BCUT2D eigenvalue weighted by Crippen LogP contribution is 2.64. The third kappa shape index (κ3) is 0.899. The van der Waals surface area contributed by atoms with Gasteiger partial charge < -0.3 is 0 Å². The van der Waals surface area contributed by atoms with Gasteiger partial charge in [0.1, 0.15) is 5.78 Å². The molecule has 0 bridgehead atoms. The lowest BCUT2D eigenvalue weighted by Gasteiger charge is -2.48. The Kier molecular flexibility index (Phi) is 1.42. The van der Waals surface area contributed by atoms with Crippen molar-refractivity contribution in [2.24, 2.45) is 10.8 Å². The largest absolute Gasteiger partial charge is 0.298 e. The van der Waals surface area contributed by atoms with Gasteiger partial charge in [0, 0.05) is 24.0 Å². The summed E-state index contributed by atoms with van der Waals surface area (Å²) in [5.41, 5.74) is 0.235. The molecule has 0 N–H and O–H groups in total. The summed E-state index contributed by atoms with van der Waals surface area (Å²) >= 11 is 0. The number of carbonyl (C=O) groups excluding carboxylic acids is 1. The van der Waals surface area contributed by atoms with Crippen LogP contribution in [0.2, 0.25) is 0 Å². The van der Waals surface area contributed by atoms with E-state index in [2.05, 4.69) is 39.5 Å². The molecule has 0 radical (unpaired) electrons. The molecule has 1 saturated heterocycles. The van der Waals surface area contributed by atoms with Crippen molar-refractivity contribution in [3.05, 3.63) is 0 Å². The van der Waals surface area contributed by atoms with E-state index >= 15 is 0 Å². The maximum atomic E-state index is 11.6. The molecule has 2 fully saturated rings. The zero-order valence-electron chi connectivity index (χ0n) is 9.27. The molecule has 0 aromatic carbocycles. The highest BCUT2D eigenvalue weighted by molar-refractivity contribution is 6.08. The Morgan fingerprint density at radius 2 is 1.62 bits per heavy atom. The average Bonchev–Trinajstić information content (AvgIpc) is 2.21. The van der Waals surface area contributed by atoms with Gasteiger partial charge in [0.25, 0.3) is 0 Å². The first-order valence-corrected chi connectivity index (χ1v) is 5.02. The van der Waals surface area contributed by atoms with Gasteiger partial charge in [-0.25, -0.2) is 0 Å². The summed E-state index contributed by atoms with van der Waals surface area (Å²) in [7, 11) is 0. The lowest BCUT2D eigenvalue weighted by molar-refractivity contribution is -0.118. The van der Waals surface area contributed by atoms with E-state index in [-0.39, 0.29) is 16.4 Å². The normalized spacial score (nSPS) is 30.4. The molecule has 2 aliphatic rings. The minimum absolute atomic E-state index is 0.0330. The van der Waals surface area contributed by atoms with Gasteiger partial charge in [-0.3, -0.25) is 9.69 Å². The first-order valence-electron chi connectivity index (χ1n) is 5.02. The Hall–Kier alpha value is -0.370. The van der Waals surface area contributed by atoms with Gasteiger partial charge in [0.15, 0.2) is 0 Å². The lowest BCUT2D eigenvalue weighted by atomic mass is 9.84. The Morgan fingerprint density at radius 3 is 1.85 bits per heavy atom. The number of ketones is 1. The topological polar surface area (TPSA) is 20.3 Å². The third-order valence-corrected chi connectivity index (χ3v) is 4.01. The van der Waals surface area contributed by atoms with Crippen LogP contribution >= 0.6 is 0 Å². The summed E-state index contributed by atoms with van der Waals surface area (Å²) in [5.74, 6) is 0.473. The van der Waals surface area contributed by atoms with Crippen LogP contribution in [0.25, 0.3) is 0 Å². The maximum Gasteiger partial charge on any atom is 0.149 e. The second kappa shape index (κ2) is 2.00. The molecule has 0 unspecified atom stereocenters. The molecule has 1 spiro atoms. The molecule has 1 saturated carbocycles. The van der Waals surface area contributed by atoms with Gasteiger partial charge in [0.05, 0.1) is 5.41 Å². The summed E-state index contributed by atoms with van der Waals surface area (Å²) in [4.78, 5) is 14.0. The predicted molar refractivity (Wildman–Crippen MR) is 52.5 cm³/mol. The Bertz CT molecular complexity index is 266. The molecule has 1 aliphatic carbocycles. The smallest absolute Gasteiger partial charge is 0.149 e. The number of hydrogen-bond donors (Lipinski definition) is 0. The van der Waals surface area contributed by atoms with Crippen LogP contribution in [0.4, 0.5) is 0 Å². The van der Waals surface area contributed by atoms with Crippen molar-refractivity contribution < 1.29 is 4.79 Å². The third-order valence-electron chi connectivity index (χ3n) is 4.01. The number of nitrogens with zero attached hydrogens (tertiary/aromatic N) is 1. The summed E-state index contributed by atoms with van der Waals surface area (Å²) in [6.45, 7) is 12.7. The van der Waals surface area contributed by atoms with Crippen LogP contribution in [0.15, 0.2) is 0 Å². The van der Waals surface area contributed by atoms with Crippen molar-refractivity contribution in [1.82, 2.24) is 4.90 Å². The van der Waals surface area contributed by atoms with Crippen LogP contribution in [0.5, 0.6) is 0 Å². The van der Waals surface area contributed by atoms with Crippen LogP contribution in [0.1, 0.15) is 34.6 Å². The van der Waals surface area contributed by atoms with Crippen molar-refractivity contribution in [2.75, 3.05) is 13.1 Å². The fraction of sp³-hybridized carbons (Fsp3) is 0.909. The molecular formula is C11H19NO. The van der Waals surface area contributed by atoms with Crippen molar-refractivity contribution in [3.63, 3.8) is 0 Å². The van der Waals surface area contributed by atoms with Crippen molar-refractivity contribution in [2.45, 2.75) is 40.2 Å². The highest BCUT2D eigenvalue weighted by atomic mass is 16.1. The molecule has 74 valence electrons. The number of carbonyl (C=O) groups is 1. The molecule has 0 aromatic rings. The second-order valence-corrected chi connectivity index (χ2v) is 6.06. The van der Waals surface area contributed by atoms with E-state index in [9.17, 15) is 4.79 Å². The number of hydrogen-bond acceptors (Lipinski definition) is 2. The van der Waals surface area contributed by atoms with Gasteiger partial charge in [-0.2, -0.15) is 0 Å². The molecule has 1 aliphatic heterocycles. The fourth-order valence-corrected chi connectivity index (χ4v) is 2.39.